The number of carbonyl (C=O) groups is 2. The summed E-state index contributed by atoms with van der Waals surface area (Å²) < 4.78 is 12.7. The lowest BCUT2D eigenvalue weighted by Crippen LogP contribution is -2.43. The van der Waals surface area contributed by atoms with E-state index in [1.807, 2.05) is 13.0 Å². The number of ether oxygens (including phenoxy) is 2. The lowest BCUT2D eigenvalue weighted by molar-refractivity contribution is 0.00637. The maximum atomic E-state index is 13.8. The first kappa shape index (κ1) is 24.5. The number of aromatic nitrogens is 3. The van der Waals surface area contributed by atoms with Crippen molar-refractivity contribution in [1.29, 1.82) is 0 Å². The molecule has 184 valence electrons. The maximum Gasteiger partial charge on any atom is 0.423 e. The van der Waals surface area contributed by atoms with E-state index in [1.165, 1.54) is 11.3 Å². The molecule has 3 heterocycles. The summed E-state index contributed by atoms with van der Waals surface area (Å²) in [4.78, 5) is 56.6. The minimum atomic E-state index is -0.942. The van der Waals surface area contributed by atoms with Crippen LogP contribution in [-0.2, 0) is 9.47 Å². The van der Waals surface area contributed by atoms with Crippen LogP contribution in [0.15, 0.2) is 38.5 Å². The van der Waals surface area contributed by atoms with Gasteiger partial charge in [-0.2, -0.15) is 4.57 Å². The standard InChI is InChI=1S/C25H27N3O6S/c1-13-8-9-16-14(10-13)19(18(26-16)21(30)33-24(2,3)4)28-20(29)15-11-35-12-17(15)27(22(28)31)23(32)34-25(5,6)7/h8-12,26H,1-7H3. The van der Waals surface area contributed by atoms with E-state index in [9.17, 15) is 19.2 Å². The topological polar surface area (TPSA) is 112 Å². The summed E-state index contributed by atoms with van der Waals surface area (Å²) in [6.07, 6.45) is -0.922. The lowest BCUT2D eigenvalue weighted by atomic mass is 10.1. The van der Waals surface area contributed by atoms with Gasteiger partial charge in [0.1, 0.15) is 11.2 Å². The van der Waals surface area contributed by atoms with Crippen LogP contribution in [0.5, 0.6) is 0 Å². The second kappa shape index (κ2) is 8.23. The lowest BCUT2D eigenvalue weighted by Gasteiger charge is -2.21. The number of fused-ring (bicyclic) bond motifs is 2. The maximum absolute atomic E-state index is 13.8. The van der Waals surface area contributed by atoms with Crippen LogP contribution in [0, 0.1) is 6.92 Å². The minimum Gasteiger partial charge on any atom is -0.455 e. The molecule has 0 aliphatic carbocycles. The summed E-state index contributed by atoms with van der Waals surface area (Å²) in [6, 6.07) is 5.35. The van der Waals surface area contributed by atoms with Gasteiger partial charge in [-0.1, -0.05) is 11.6 Å². The Balaban J connectivity index is 2.12. The third-order valence-corrected chi connectivity index (χ3v) is 5.76. The van der Waals surface area contributed by atoms with Crippen molar-refractivity contribution in [3.63, 3.8) is 0 Å². The van der Waals surface area contributed by atoms with Crippen LogP contribution in [-0.4, -0.2) is 37.4 Å². The number of esters is 1. The minimum absolute atomic E-state index is 0.0263. The second-order valence-electron chi connectivity index (χ2n) is 10.3. The van der Waals surface area contributed by atoms with E-state index in [2.05, 4.69) is 4.98 Å². The molecule has 4 rings (SSSR count). The van der Waals surface area contributed by atoms with Gasteiger partial charge >= 0.3 is 17.8 Å². The van der Waals surface area contributed by atoms with E-state index in [1.54, 1.807) is 64.4 Å². The summed E-state index contributed by atoms with van der Waals surface area (Å²) >= 11 is 1.18. The number of rotatable bonds is 2. The van der Waals surface area contributed by atoms with E-state index in [4.69, 9.17) is 9.47 Å². The smallest absolute Gasteiger partial charge is 0.423 e. The molecule has 3 aromatic heterocycles. The number of nitrogens with zero attached hydrogens (tertiary/aromatic N) is 2. The largest absolute Gasteiger partial charge is 0.455 e. The predicted octanol–water partition coefficient (Wildman–Crippen LogP) is 4.74. The Labute approximate surface area is 204 Å². The predicted molar refractivity (Wildman–Crippen MR) is 135 cm³/mol. The molecule has 0 saturated heterocycles. The fraction of sp³-hybridized carbons (Fsp3) is 0.360. The van der Waals surface area contributed by atoms with E-state index >= 15 is 0 Å². The molecule has 0 bridgehead atoms. The number of hydrogen-bond acceptors (Lipinski definition) is 7. The van der Waals surface area contributed by atoms with Crippen LogP contribution in [0.3, 0.4) is 0 Å². The van der Waals surface area contributed by atoms with E-state index in [0.29, 0.717) is 10.9 Å². The van der Waals surface area contributed by atoms with Crippen LogP contribution >= 0.6 is 11.3 Å². The van der Waals surface area contributed by atoms with Crippen molar-refractivity contribution in [1.82, 2.24) is 14.1 Å². The molecule has 0 saturated carbocycles. The zero-order chi connectivity index (χ0) is 25.9. The fourth-order valence-corrected chi connectivity index (χ4v) is 4.50. The molecule has 4 aromatic rings. The second-order valence-corrected chi connectivity index (χ2v) is 11.1. The van der Waals surface area contributed by atoms with E-state index in [0.717, 1.165) is 14.7 Å². The first-order valence-electron chi connectivity index (χ1n) is 11.0. The summed E-state index contributed by atoms with van der Waals surface area (Å²) in [6.45, 7) is 12.1. The van der Waals surface area contributed by atoms with Gasteiger partial charge in [-0.15, -0.1) is 11.3 Å². The van der Waals surface area contributed by atoms with Gasteiger partial charge in [0.2, 0.25) is 0 Å². The van der Waals surface area contributed by atoms with Crippen LogP contribution in [0.4, 0.5) is 4.79 Å². The Hall–Kier alpha value is -3.66. The number of hydrogen-bond donors (Lipinski definition) is 1. The third-order valence-electron chi connectivity index (χ3n) is 5.03. The van der Waals surface area contributed by atoms with Crippen LogP contribution in [0.25, 0.3) is 27.5 Å². The quantitative estimate of drug-likeness (QED) is 0.400. The molecule has 0 spiro atoms. The first-order valence-corrected chi connectivity index (χ1v) is 12.0. The van der Waals surface area contributed by atoms with Crippen molar-refractivity contribution < 1.29 is 19.1 Å². The molecule has 1 aromatic carbocycles. The first-order chi connectivity index (χ1) is 16.2. The molecular weight excluding hydrogens is 470 g/mol. The summed E-state index contributed by atoms with van der Waals surface area (Å²) in [5, 5.41) is 3.72. The van der Waals surface area contributed by atoms with Crippen LogP contribution < -0.4 is 11.2 Å². The summed E-state index contributed by atoms with van der Waals surface area (Å²) in [7, 11) is 0. The van der Waals surface area contributed by atoms with Crippen LogP contribution in [0.1, 0.15) is 57.6 Å². The van der Waals surface area contributed by atoms with E-state index in [-0.39, 0.29) is 22.3 Å². The fourth-order valence-electron chi connectivity index (χ4n) is 3.72. The number of benzene rings is 1. The van der Waals surface area contributed by atoms with Crippen molar-refractivity contribution in [2.24, 2.45) is 0 Å². The van der Waals surface area contributed by atoms with Gasteiger partial charge in [0.25, 0.3) is 5.56 Å². The number of aryl methyl sites for hydroxylation is 1. The normalized spacial score (nSPS) is 12.3. The van der Waals surface area contributed by atoms with Gasteiger partial charge in [0, 0.05) is 21.7 Å². The molecule has 0 amide bonds. The number of H-pyrrole nitrogens is 1. The Morgan fingerprint density at radius 3 is 2.23 bits per heavy atom. The van der Waals surface area contributed by atoms with Crippen molar-refractivity contribution in [3.8, 4) is 5.69 Å². The third kappa shape index (κ3) is 4.53. The highest BCUT2D eigenvalue weighted by molar-refractivity contribution is 7.09. The number of nitrogens with one attached hydrogen (secondary N) is 1. The molecule has 1 N–H and O–H groups in total. The van der Waals surface area contributed by atoms with Crippen molar-refractivity contribution in [3.05, 3.63) is 61.1 Å². The van der Waals surface area contributed by atoms with Gasteiger partial charge < -0.3 is 14.5 Å². The zero-order valence-corrected chi connectivity index (χ0v) is 21.5. The highest BCUT2D eigenvalue weighted by atomic mass is 32.1. The van der Waals surface area contributed by atoms with Crippen molar-refractivity contribution >= 4 is 45.2 Å². The Bertz CT molecular complexity index is 1600. The Kier molecular flexibility index (Phi) is 5.75. The van der Waals surface area contributed by atoms with Gasteiger partial charge in [-0.25, -0.2) is 19.0 Å². The van der Waals surface area contributed by atoms with Crippen LogP contribution in [0.2, 0.25) is 0 Å². The van der Waals surface area contributed by atoms with Crippen molar-refractivity contribution in [2.45, 2.75) is 59.7 Å². The Morgan fingerprint density at radius 1 is 0.943 bits per heavy atom. The SMILES string of the molecule is Cc1ccc2[nH]c(C(=O)OC(C)(C)C)c(-n3c(=O)c4cscc4n(C(=O)OC(C)(C)C)c3=O)c2c1. The van der Waals surface area contributed by atoms with Crippen molar-refractivity contribution in [2.75, 3.05) is 0 Å². The molecular formula is C25H27N3O6S. The molecule has 0 aliphatic heterocycles. The van der Waals surface area contributed by atoms with Gasteiger partial charge in [-0.3, -0.25) is 4.79 Å². The summed E-state index contributed by atoms with van der Waals surface area (Å²) in [5.41, 5.74) is -1.80. The highest BCUT2D eigenvalue weighted by Gasteiger charge is 2.30. The molecule has 0 atom stereocenters. The molecule has 0 fully saturated rings. The zero-order valence-electron chi connectivity index (χ0n) is 20.6. The molecule has 9 nitrogen and oxygen atoms in total. The molecule has 10 heteroatoms. The molecule has 0 aliphatic rings. The number of carbonyl (C=O) groups excluding carboxylic acids is 2. The highest BCUT2D eigenvalue weighted by Crippen LogP contribution is 2.28. The van der Waals surface area contributed by atoms with Gasteiger partial charge in [-0.05, 0) is 60.6 Å². The average Bonchev–Trinajstić information content (AvgIpc) is 3.31. The molecule has 0 radical (unpaired) electrons. The monoisotopic (exact) mass is 497 g/mol. The average molecular weight is 498 g/mol. The summed E-state index contributed by atoms with van der Waals surface area (Å²) in [5.74, 6) is -0.734. The van der Waals surface area contributed by atoms with Gasteiger partial charge in [0.15, 0.2) is 5.69 Å². The molecule has 35 heavy (non-hydrogen) atoms. The Morgan fingerprint density at radius 2 is 1.60 bits per heavy atom. The van der Waals surface area contributed by atoms with Gasteiger partial charge in [0.05, 0.1) is 16.6 Å². The number of thiophene rings is 1. The van der Waals surface area contributed by atoms with E-state index < -0.39 is 34.5 Å². The molecule has 0 unspecified atom stereocenters. The number of aromatic amines is 1.